The third kappa shape index (κ3) is 3.94. The largest absolute Gasteiger partial charge is 0.481 e. The maximum absolute atomic E-state index is 13.6. The molecule has 3 aromatic rings. The number of hydrogen-bond donors (Lipinski definition) is 0. The van der Waals surface area contributed by atoms with E-state index in [1.165, 1.54) is 35.1 Å². The highest BCUT2D eigenvalue weighted by Crippen LogP contribution is 2.29. The molecular formula is C15H9BrClFN4O3. The van der Waals surface area contributed by atoms with Crippen molar-refractivity contribution in [2.75, 3.05) is 0 Å². The first-order chi connectivity index (χ1) is 11.9. The molecule has 25 heavy (non-hydrogen) atoms. The zero-order chi connectivity index (χ0) is 18.0. The van der Waals surface area contributed by atoms with Crippen LogP contribution < -0.4 is 4.74 Å². The summed E-state index contributed by atoms with van der Waals surface area (Å²) in [7, 11) is 0. The van der Waals surface area contributed by atoms with Gasteiger partial charge in [-0.15, -0.1) is 0 Å². The number of nitrogens with zero attached hydrogens (tertiary/aromatic N) is 4. The van der Waals surface area contributed by atoms with Crippen LogP contribution in [0.4, 0.5) is 10.2 Å². The monoisotopic (exact) mass is 426 g/mol. The SMILES string of the molecule is O=[N+]([O-])c1ncc(Br)cc1OCc1cc(F)ccc1-n1ccc(Cl)n1. The molecule has 0 amide bonds. The lowest BCUT2D eigenvalue weighted by Gasteiger charge is -2.11. The first kappa shape index (κ1) is 17.3. The van der Waals surface area contributed by atoms with Crippen molar-refractivity contribution in [2.45, 2.75) is 6.61 Å². The Morgan fingerprint density at radius 1 is 1.36 bits per heavy atom. The maximum atomic E-state index is 13.6. The third-order valence-electron chi connectivity index (χ3n) is 3.20. The number of ether oxygens (including phenoxy) is 1. The second-order valence-corrected chi connectivity index (χ2v) is 6.18. The van der Waals surface area contributed by atoms with E-state index in [-0.39, 0.29) is 17.5 Å². The molecule has 0 saturated carbocycles. The van der Waals surface area contributed by atoms with Crippen LogP contribution in [0.15, 0.2) is 47.2 Å². The summed E-state index contributed by atoms with van der Waals surface area (Å²) in [5, 5.41) is 15.4. The summed E-state index contributed by atoms with van der Waals surface area (Å²) in [5.74, 6) is -0.932. The molecule has 0 fully saturated rings. The molecule has 2 aromatic heterocycles. The van der Waals surface area contributed by atoms with E-state index in [2.05, 4.69) is 26.0 Å². The quantitative estimate of drug-likeness (QED) is 0.447. The highest BCUT2D eigenvalue weighted by atomic mass is 79.9. The average molecular weight is 428 g/mol. The number of pyridine rings is 1. The fraction of sp³-hybridized carbons (Fsp3) is 0.0667. The Kier molecular flexibility index (Phi) is 4.95. The minimum absolute atomic E-state index is 0.0342. The normalized spacial score (nSPS) is 10.7. The number of aromatic nitrogens is 3. The second-order valence-electron chi connectivity index (χ2n) is 4.88. The molecule has 0 unspecified atom stereocenters. The van der Waals surface area contributed by atoms with Crippen LogP contribution in [-0.2, 0) is 6.61 Å². The van der Waals surface area contributed by atoms with Crippen molar-refractivity contribution in [3.8, 4) is 11.4 Å². The summed E-state index contributed by atoms with van der Waals surface area (Å²) in [5.41, 5.74) is 0.980. The lowest BCUT2D eigenvalue weighted by Crippen LogP contribution is -2.06. The first-order valence-corrected chi connectivity index (χ1v) is 8.04. The molecule has 0 spiro atoms. The lowest BCUT2D eigenvalue weighted by atomic mass is 10.2. The fourth-order valence-electron chi connectivity index (χ4n) is 2.14. The molecule has 0 bridgehead atoms. The van der Waals surface area contributed by atoms with Crippen molar-refractivity contribution in [1.82, 2.24) is 14.8 Å². The van der Waals surface area contributed by atoms with E-state index in [9.17, 15) is 14.5 Å². The molecule has 1 aromatic carbocycles. The standard InChI is InChI=1S/C15H9BrClFN4O3/c16-10-6-13(15(19-7-10)22(23)24)25-8-9-5-11(18)1-2-12(9)21-4-3-14(17)20-21/h1-7H,8H2. The van der Waals surface area contributed by atoms with Crippen LogP contribution in [-0.4, -0.2) is 19.7 Å². The van der Waals surface area contributed by atoms with Gasteiger partial charge in [-0.1, -0.05) is 11.6 Å². The van der Waals surface area contributed by atoms with E-state index in [0.29, 0.717) is 15.7 Å². The van der Waals surface area contributed by atoms with Crippen molar-refractivity contribution < 1.29 is 14.1 Å². The first-order valence-electron chi connectivity index (χ1n) is 6.87. The van der Waals surface area contributed by atoms with Gasteiger partial charge in [0.1, 0.15) is 12.4 Å². The molecule has 0 aliphatic heterocycles. The van der Waals surface area contributed by atoms with E-state index in [4.69, 9.17) is 16.3 Å². The second kappa shape index (κ2) is 7.16. The van der Waals surface area contributed by atoms with Crippen LogP contribution in [0.1, 0.15) is 5.56 Å². The van der Waals surface area contributed by atoms with Crippen LogP contribution in [0.3, 0.4) is 0 Å². The smallest absolute Gasteiger partial charge is 0.406 e. The van der Waals surface area contributed by atoms with Crippen molar-refractivity contribution in [2.24, 2.45) is 0 Å². The van der Waals surface area contributed by atoms with Gasteiger partial charge in [-0.3, -0.25) is 0 Å². The molecule has 7 nitrogen and oxygen atoms in total. The van der Waals surface area contributed by atoms with Crippen LogP contribution in [0.5, 0.6) is 5.75 Å². The number of nitro groups is 1. The van der Waals surface area contributed by atoms with Gasteiger partial charge in [0.15, 0.2) is 11.3 Å². The Morgan fingerprint density at radius 3 is 2.84 bits per heavy atom. The van der Waals surface area contributed by atoms with Crippen LogP contribution >= 0.6 is 27.5 Å². The maximum Gasteiger partial charge on any atom is 0.406 e. The lowest BCUT2D eigenvalue weighted by molar-refractivity contribution is -0.390. The topological polar surface area (TPSA) is 83.1 Å². The van der Waals surface area contributed by atoms with Crippen molar-refractivity contribution in [1.29, 1.82) is 0 Å². The fourth-order valence-corrected chi connectivity index (χ4v) is 2.59. The van der Waals surface area contributed by atoms with Gasteiger partial charge in [0.25, 0.3) is 0 Å². The van der Waals surface area contributed by atoms with E-state index in [0.717, 1.165) is 0 Å². The van der Waals surface area contributed by atoms with Gasteiger partial charge in [0.2, 0.25) is 5.75 Å². The van der Waals surface area contributed by atoms with E-state index in [1.54, 1.807) is 12.3 Å². The Morgan fingerprint density at radius 2 is 2.16 bits per heavy atom. The van der Waals surface area contributed by atoms with Gasteiger partial charge in [0.05, 0.1) is 10.2 Å². The van der Waals surface area contributed by atoms with Gasteiger partial charge in [-0.2, -0.15) is 5.10 Å². The molecule has 128 valence electrons. The molecule has 0 aliphatic carbocycles. The van der Waals surface area contributed by atoms with Crippen LogP contribution in [0.2, 0.25) is 5.15 Å². The summed E-state index contributed by atoms with van der Waals surface area (Å²) < 4.78 is 21.1. The highest BCUT2D eigenvalue weighted by Gasteiger charge is 2.18. The Bertz CT molecular complexity index is 950. The Hall–Kier alpha value is -2.52. The van der Waals surface area contributed by atoms with Crippen LogP contribution in [0.25, 0.3) is 5.69 Å². The zero-order valence-electron chi connectivity index (χ0n) is 12.4. The molecule has 0 atom stereocenters. The summed E-state index contributed by atoms with van der Waals surface area (Å²) in [6, 6.07) is 7.07. The number of rotatable bonds is 5. The van der Waals surface area contributed by atoms with Crippen molar-refractivity contribution in [3.05, 3.63) is 73.8 Å². The van der Waals surface area contributed by atoms with Crippen molar-refractivity contribution >= 4 is 33.3 Å². The van der Waals surface area contributed by atoms with Gasteiger partial charge in [-0.25, -0.2) is 9.07 Å². The van der Waals surface area contributed by atoms with Gasteiger partial charge < -0.3 is 14.9 Å². The van der Waals surface area contributed by atoms with Crippen LogP contribution in [0, 0.1) is 15.9 Å². The number of halogens is 3. The summed E-state index contributed by atoms with van der Waals surface area (Å²) in [6.45, 7) is -0.121. The van der Waals surface area contributed by atoms with Crippen molar-refractivity contribution in [3.63, 3.8) is 0 Å². The predicted octanol–water partition coefficient (Wildman–Crippen LogP) is 4.31. The molecule has 0 N–H and O–H groups in total. The molecule has 2 heterocycles. The zero-order valence-corrected chi connectivity index (χ0v) is 14.7. The molecule has 0 aliphatic rings. The summed E-state index contributed by atoms with van der Waals surface area (Å²) in [6.07, 6.45) is 2.91. The predicted molar refractivity (Wildman–Crippen MR) is 91.5 cm³/mol. The Balaban J connectivity index is 1.93. The molecule has 0 saturated heterocycles. The Labute approximate surface area is 154 Å². The van der Waals surface area contributed by atoms with Gasteiger partial charge >= 0.3 is 5.82 Å². The van der Waals surface area contributed by atoms with E-state index < -0.39 is 16.6 Å². The minimum atomic E-state index is -0.651. The molecular weight excluding hydrogens is 419 g/mol. The van der Waals surface area contributed by atoms with E-state index >= 15 is 0 Å². The van der Waals surface area contributed by atoms with Gasteiger partial charge in [0, 0.05) is 17.8 Å². The average Bonchev–Trinajstić information content (AvgIpc) is 2.99. The van der Waals surface area contributed by atoms with Gasteiger partial charge in [-0.05, 0) is 50.1 Å². The number of benzene rings is 1. The third-order valence-corrected chi connectivity index (χ3v) is 3.84. The van der Waals surface area contributed by atoms with E-state index in [1.807, 2.05) is 0 Å². The highest BCUT2D eigenvalue weighted by molar-refractivity contribution is 9.10. The molecule has 10 heteroatoms. The number of hydrogen-bond acceptors (Lipinski definition) is 5. The summed E-state index contributed by atoms with van der Waals surface area (Å²) >= 11 is 9.00. The minimum Gasteiger partial charge on any atom is -0.481 e. The summed E-state index contributed by atoms with van der Waals surface area (Å²) in [4.78, 5) is 14.1. The molecule has 3 rings (SSSR count). The molecule has 0 radical (unpaired) electrons.